The molecule has 0 radical (unpaired) electrons. The first-order valence-electron chi connectivity index (χ1n) is 37.3. The molecule has 118 heavy (non-hydrogen) atoms. The molecule has 6 heterocycles. The van der Waals surface area contributed by atoms with Crippen LogP contribution < -0.4 is 31.0 Å². The Bertz CT molecular complexity index is 4700. The zero-order valence-corrected chi connectivity index (χ0v) is 74.0. The van der Waals surface area contributed by atoms with Crippen molar-refractivity contribution in [3.8, 4) is 74.3 Å². The number of aromatic nitrogens is 3. The van der Waals surface area contributed by atoms with Crippen LogP contribution in [0.15, 0.2) is 182 Å². The van der Waals surface area contributed by atoms with E-state index in [0.717, 1.165) is 66.1 Å². The number of pyridine rings is 3. The fourth-order valence-corrected chi connectivity index (χ4v) is 11.3. The van der Waals surface area contributed by atoms with Gasteiger partial charge in [-0.25, -0.2) is 37.7 Å². The molecule has 6 aromatic carbocycles. The van der Waals surface area contributed by atoms with Crippen LogP contribution in [0.5, 0.6) is 34.5 Å². The Balaban J connectivity index is 0.000000344. The third kappa shape index (κ3) is 37.3. The van der Waals surface area contributed by atoms with Crippen molar-refractivity contribution in [3.05, 3.63) is 233 Å². The summed E-state index contributed by atoms with van der Waals surface area (Å²) in [7, 11) is -2.88. The number of nitrogens with zero attached hydrogens (tertiary/aromatic N) is 9. The van der Waals surface area contributed by atoms with Crippen LogP contribution in [-0.4, -0.2) is 198 Å². The molecule has 3 aliphatic heterocycles. The molecule has 6 N–H and O–H groups in total. The van der Waals surface area contributed by atoms with Gasteiger partial charge in [0.1, 0.15) is 86.3 Å². The van der Waals surface area contributed by atoms with Crippen LogP contribution in [0.25, 0.3) is 33.8 Å². The van der Waals surface area contributed by atoms with E-state index in [9.17, 15) is 46.7 Å². The predicted octanol–water partition coefficient (Wildman–Crippen LogP) is 16.7. The Labute approximate surface area is 714 Å². The number of carbonyl (C=O) groups excluding carboxylic acids is 4. The fourth-order valence-electron chi connectivity index (χ4n) is 11.3. The van der Waals surface area contributed by atoms with Crippen molar-refractivity contribution in [2.24, 2.45) is 11.5 Å². The normalized spacial score (nSPS) is 13.4. The van der Waals surface area contributed by atoms with Crippen molar-refractivity contribution in [1.82, 2.24) is 44.8 Å². The molecule has 24 nitrogen and oxygen atoms in total. The van der Waals surface area contributed by atoms with E-state index in [1.54, 1.807) is 117 Å². The number of nitrogens with two attached hydrogens (primary N) is 2. The molecule has 4 amide bonds. The van der Waals surface area contributed by atoms with Gasteiger partial charge in [-0.3, -0.25) is 24.3 Å². The van der Waals surface area contributed by atoms with Gasteiger partial charge in [-0.1, -0.05) is 7.43 Å². The molecule has 0 spiro atoms. The molecule has 639 valence electrons. The van der Waals surface area contributed by atoms with E-state index >= 15 is 0 Å². The summed E-state index contributed by atoms with van der Waals surface area (Å²) in [6.45, 7) is 32.5. The summed E-state index contributed by atoms with van der Waals surface area (Å²) in [5.41, 5.74) is 18.2. The fraction of sp³-hybridized carbons (Fsp3) is 0.349. The van der Waals surface area contributed by atoms with Crippen LogP contribution in [0, 0.1) is 28.8 Å². The van der Waals surface area contributed by atoms with Crippen molar-refractivity contribution in [1.29, 1.82) is 5.26 Å². The minimum absolute atomic E-state index is 0. The molecule has 0 aliphatic carbocycles. The maximum absolute atomic E-state index is 13.1. The molecule has 12 rings (SSSR count). The quantitative estimate of drug-likeness (QED) is 0.0616. The van der Waals surface area contributed by atoms with E-state index < -0.39 is 46.8 Å². The Morgan fingerprint density at radius 1 is 0.466 bits per heavy atom. The maximum atomic E-state index is 13.1. The summed E-state index contributed by atoms with van der Waals surface area (Å²) in [6.07, 6.45) is -0.590. The zero-order valence-electron chi connectivity index (χ0n) is 67.9. The monoisotopic (exact) mass is 1880 g/mol. The number of nitriles is 1. The van der Waals surface area contributed by atoms with Crippen molar-refractivity contribution in [2.75, 3.05) is 119 Å². The zero-order chi connectivity index (χ0) is 83.9. The summed E-state index contributed by atoms with van der Waals surface area (Å²) in [5, 5.41) is 12.9. The number of benzene rings is 6. The molecule has 3 aromatic heterocycles. The number of nitrogens with one attached hydrogen (secondary N) is 1. The molecule has 0 unspecified atom stereocenters. The van der Waals surface area contributed by atoms with Gasteiger partial charge in [0.05, 0.1) is 32.7 Å². The molecule has 3 saturated heterocycles. The molecular weight excluding hydrogens is 1770 g/mol. The molecule has 0 bridgehead atoms. The second-order valence-corrected chi connectivity index (χ2v) is 34.8. The van der Waals surface area contributed by atoms with Gasteiger partial charge in [0.25, 0.3) is 11.8 Å². The predicted molar refractivity (Wildman–Crippen MR) is 463 cm³/mol. The SMILES string of the molecule is C.CC(C)(C)OC(=O)N1CCN(Cc2cc(C#N)nc(-c3ccc(Oc4ccc(F)cc4)cc3)c2)CC1.CC(C)(C)OC(=O)N1CCN(Cc2cc(C(N)=O)nc(-c3ccc(Oc4ccc(F)cc4)cc3)c2)CC1.CP(C)O.C[PH](C)=O.C[PH](C)=O.Cl.NC(=O)c1cc(CN2CCNCC2)cc(-c2ccc(Oc3ccc(F)cc3)cc2)n1.[PtH]. The van der Waals surface area contributed by atoms with Crippen molar-refractivity contribution >= 4 is 60.2 Å². The van der Waals surface area contributed by atoms with Gasteiger partial charge in [-0.2, -0.15) is 5.26 Å². The summed E-state index contributed by atoms with van der Waals surface area (Å²) in [5.74, 6) is 1.34. The van der Waals surface area contributed by atoms with Crippen molar-refractivity contribution in [2.45, 2.75) is 79.8 Å². The molecule has 32 heteroatoms. The molecule has 0 atom stereocenters. The number of hydrogen-bond acceptors (Lipinski definition) is 20. The average molecular weight is 1880 g/mol. The Morgan fingerprint density at radius 2 is 0.712 bits per heavy atom. The number of rotatable bonds is 17. The van der Waals surface area contributed by atoms with Gasteiger partial charge >= 0.3 is 33.3 Å². The van der Waals surface area contributed by atoms with Gasteiger partial charge in [0, 0.05) is 123 Å². The van der Waals surface area contributed by atoms with Crippen LogP contribution in [-0.2, 0) is 59.3 Å². The van der Waals surface area contributed by atoms with Gasteiger partial charge in [-0.05, 0) is 280 Å². The molecule has 3 fully saturated rings. The van der Waals surface area contributed by atoms with E-state index in [1.165, 1.54) is 36.4 Å². The van der Waals surface area contributed by atoms with Crippen LogP contribution in [0.2, 0.25) is 0 Å². The van der Waals surface area contributed by atoms with Gasteiger partial charge < -0.3 is 64.3 Å². The third-order valence-corrected chi connectivity index (χ3v) is 16.3. The standard InChI is InChI=1S/C28H31FN4O4.C28H29FN4O3.C23H23FN4O2.3C2H7OP.CH4.ClH.Pt.H/c1-28(2,3)37-27(35)33-14-12-32(13-15-33)18-19-16-24(31-25(17-19)26(30)34)20-4-8-22(9-5-20)36-23-10-6-21(29)7-11-23;1-28(2,3)36-27(34)33-14-12-32(13-15-33)19-20-16-23(18-30)31-26(17-20)21-4-8-24(9-5-21)35-25-10-6-22(29)7-11-25;24-18-3-7-20(8-4-18)30-19-5-1-17(2-6-19)21-13-16(14-22(27-21)23(25)29)15-28-11-9-26-10-12-28;3*1-4(2)3;;;;/h4-11,16-17H,12-15,18H2,1-3H3,(H2,30,34);4-11,16-17H,12-15,19H2,1-3H3;1-8,13-14,26H,9-12,15H2,(H2,25,29);2*4H,1-2H3;3H,1-2H3;1H4;1H;;. The summed E-state index contributed by atoms with van der Waals surface area (Å²) in [6, 6.07) is 52.8. The Kier molecular flexibility index (Phi) is 42.7. The number of halogens is 4. The topological polar surface area (TPSA) is 312 Å². The number of hydrogen-bond donors (Lipinski definition) is 4. The number of piperazine rings is 3. The number of carbonyl (C=O) groups is 4. The Hall–Kier alpha value is -9.40. The summed E-state index contributed by atoms with van der Waals surface area (Å²) >= 11 is 0. The number of primary amides is 2. The third-order valence-electron chi connectivity index (χ3n) is 16.3. The van der Waals surface area contributed by atoms with Gasteiger partial charge in [-0.15, -0.1) is 12.4 Å². The first-order chi connectivity index (χ1) is 54.5. The van der Waals surface area contributed by atoms with Crippen LogP contribution in [0.4, 0.5) is 22.8 Å². The Morgan fingerprint density at radius 3 is 0.966 bits per heavy atom. The van der Waals surface area contributed by atoms with Crippen LogP contribution in [0.1, 0.15) is 92.3 Å². The first kappa shape index (κ1) is 101. The van der Waals surface area contributed by atoms with E-state index in [4.69, 9.17) is 40.0 Å². The molecule has 3 aliphatic rings. The first-order valence-corrected chi connectivity index (χ1v) is 44.3. The summed E-state index contributed by atoms with van der Waals surface area (Å²) < 4.78 is 86.7. The van der Waals surface area contributed by atoms with Crippen LogP contribution >= 0.6 is 36.2 Å². The van der Waals surface area contributed by atoms with Crippen molar-refractivity contribution < 1.29 is 91.1 Å². The number of ether oxygens (including phenoxy) is 5. The van der Waals surface area contributed by atoms with E-state index in [0.29, 0.717) is 123 Å². The van der Waals surface area contributed by atoms with Crippen molar-refractivity contribution in [3.63, 3.8) is 0 Å². The van der Waals surface area contributed by atoms with E-state index in [1.807, 2.05) is 120 Å². The summed E-state index contributed by atoms with van der Waals surface area (Å²) in [4.78, 5) is 80.2. The van der Waals surface area contributed by atoms with Gasteiger partial charge in [0.2, 0.25) is 0 Å². The molecule has 0 saturated carbocycles. The van der Waals surface area contributed by atoms with E-state index in [2.05, 4.69) is 41.0 Å². The second-order valence-electron chi connectivity index (χ2n) is 29.5. The van der Waals surface area contributed by atoms with E-state index in [-0.39, 0.29) is 81.9 Å². The second kappa shape index (κ2) is 49.9. The average Bonchev–Trinajstić information content (AvgIpc) is 0.827. The van der Waals surface area contributed by atoms with Gasteiger partial charge in [0.15, 0.2) is 0 Å². The molecular formula is C86H110ClF3N12O12P3Pt. The van der Waals surface area contributed by atoms with Crippen LogP contribution in [0.3, 0.4) is 0 Å². The minimum atomic E-state index is -1.13. The molecule has 9 aromatic rings. The number of amides is 4.